The number of carbonyl (C=O) groups excluding carboxylic acids is 3. The fourth-order valence-corrected chi connectivity index (χ4v) is 0. The van der Waals surface area contributed by atoms with Crippen LogP contribution in [-0.4, -0.2) is 38.0 Å². The number of rotatable bonds is 1. The van der Waals surface area contributed by atoms with Crippen LogP contribution in [0.5, 0.6) is 0 Å². The Kier molecular flexibility index (Phi) is 245. The van der Waals surface area contributed by atoms with E-state index in [9.17, 15) is 4.79 Å². The molecule has 0 atom stereocenters. The molecule has 6 nitrogen and oxygen atoms in total. The standard InChI is InChI=1S/C2H5NO2.3CH2O.ClH.Ru/c3-1-2(4)5;3*1-2;;/h1,3H2,(H,4,5);3*1H2;1H;/q;;;;;+1/p-1. The molecule has 0 rings (SSSR count). The van der Waals surface area contributed by atoms with E-state index in [4.69, 9.17) is 19.5 Å². The zero-order valence-corrected chi connectivity index (χ0v) is 9.21. The van der Waals surface area contributed by atoms with Crippen LogP contribution in [0.25, 0.3) is 0 Å². The topological polar surface area (TPSA) is 115 Å². The Morgan fingerprint density at radius 2 is 1.23 bits per heavy atom. The van der Waals surface area contributed by atoms with Gasteiger partial charge < -0.3 is 25.2 Å². The summed E-state index contributed by atoms with van der Waals surface area (Å²) in [5.41, 5.74) is 4.57. The third-order valence-corrected chi connectivity index (χ3v) is 0.175. The van der Waals surface area contributed by atoms with Crippen LogP contribution in [0.2, 0.25) is 0 Å². The molecule has 13 heavy (non-hydrogen) atoms. The van der Waals surface area contributed by atoms with Crippen molar-refractivity contribution in [3.8, 4) is 0 Å². The molecule has 3 N–H and O–H groups in total. The molecule has 0 radical (unpaired) electrons. The molecule has 0 fully saturated rings. The van der Waals surface area contributed by atoms with Gasteiger partial charge in [-0.15, -0.1) is 0 Å². The van der Waals surface area contributed by atoms with Crippen LogP contribution in [0.15, 0.2) is 0 Å². The molecule has 81 valence electrons. The van der Waals surface area contributed by atoms with Crippen molar-refractivity contribution in [2.45, 2.75) is 0 Å². The third kappa shape index (κ3) is 542. The average molecular weight is 302 g/mol. The number of carbonyl (C=O) groups is 4. The van der Waals surface area contributed by atoms with Crippen molar-refractivity contribution in [1.29, 1.82) is 0 Å². The van der Waals surface area contributed by atoms with Crippen molar-refractivity contribution in [3.05, 3.63) is 0 Å². The molecular weight excluding hydrogens is 291 g/mol. The number of carboxylic acids is 1. The molecule has 0 bridgehead atoms. The summed E-state index contributed by atoms with van der Waals surface area (Å²) in [5.74, 6) is -0.968. The number of carboxylic acid groups (broad SMARTS) is 1. The van der Waals surface area contributed by atoms with Gasteiger partial charge in [0.2, 0.25) is 0 Å². The van der Waals surface area contributed by atoms with Crippen LogP contribution in [0, 0.1) is 0 Å². The second kappa shape index (κ2) is 108. The van der Waals surface area contributed by atoms with E-state index in [0.717, 1.165) is 0 Å². The van der Waals surface area contributed by atoms with Crippen LogP contribution in [0.1, 0.15) is 0 Å². The number of hydrogen-bond acceptors (Lipinski definition) is 5. The molecule has 0 saturated heterocycles. The first kappa shape index (κ1) is 29.4. The van der Waals surface area contributed by atoms with Crippen molar-refractivity contribution in [1.82, 2.24) is 0 Å². The summed E-state index contributed by atoms with van der Waals surface area (Å²) in [4.78, 5) is 33.2. The molecule has 0 spiro atoms. The first-order valence-corrected chi connectivity index (χ1v) is 4.43. The van der Waals surface area contributed by atoms with Gasteiger partial charge in [-0.1, -0.05) is 0 Å². The van der Waals surface area contributed by atoms with Crippen LogP contribution in [0.4, 0.5) is 0 Å². The van der Waals surface area contributed by atoms with Crippen LogP contribution >= 0.6 is 9.69 Å². The molecule has 0 aliphatic carbocycles. The minimum absolute atomic E-state index is 0.278. The van der Waals surface area contributed by atoms with E-state index in [1.165, 1.54) is 0 Å². The molecule has 0 aromatic rings. The molecule has 8 heteroatoms. The van der Waals surface area contributed by atoms with Crippen LogP contribution < -0.4 is 5.73 Å². The fourth-order valence-electron chi connectivity index (χ4n) is 0. The fraction of sp³-hybridized carbons (Fsp3) is 0.200. The molecule has 0 aliphatic heterocycles. The Balaban J connectivity index is -0.0000000230. The number of aliphatic carboxylic acids is 1. The number of halogens is 1. The summed E-state index contributed by atoms with van der Waals surface area (Å²) < 4.78 is 0. The van der Waals surface area contributed by atoms with E-state index < -0.39 is 5.97 Å². The van der Waals surface area contributed by atoms with Crippen molar-refractivity contribution >= 4 is 36.0 Å². The molecule has 0 unspecified atom stereocenters. The predicted molar refractivity (Wildman–Crippen MR) is 43.9 cm³/mol. The molecule has 0 aromatic heterocycles. The normalized spacial score (nSPS) is 4.23. The molecule has 0 heterocycles. The van der Waals surface area contributed by atoms with Crippen molar-refractivity contribution in [2.75, 3.05) is 6.54 Å². The Hall–Kier alpha value is -0.647. The van der Waals surface area contributed by atoms with E-state index in [1.807, 2.05) is 37.7 Å². The summed E-state index contributed by atoms with van der Waals surface area (Å²) >= 11 is 1.82. The van der Waals surface area contributed by atoms with Gasteiger partial charge in [-0.05, 0) is 0 Å². The number of nitrogens with two attached hydrogens (primary N) is 1. The molecule has 0 aromatic carbocycles. The summed E-state index contributed by atoms with van der Waals surface area (Å²) in [6.07, 6.45) is 0. The van der Waals surface area contributed by atoms with E-state index in [2.05, 4.69) is 15.4 Å². The van der Waals surface area contributed by atoms with Crippen LogP contribution in [-0.2, 0) is 36.5 Å². The van der Waals surface area contributed by atoms with Crippen molar-refractivity contribution < 1.29 is 41.6 Å². The SMILES string of the molecule is C=O.C=O.C=O.NCC(=O)O.[Cl][Ru]. The van der Waals surface area contributed by atoms with Crippen molar-refractivity contribution in [2.24, 2.45) is 5.73 Å². The van der Waals surface area contributed by atoms with E-state index in [1.54, 1.807) is 0 Å². The zero-order chi connectivity index (χ0) is 12.3. The monoisotopic (exact) mass is 302 g/mol. The number of hydrogen-bond donors (Lipinski definition) is 2. The molecule has 0 aliphatic rings. The zero-order valence-electron chi connectivity index (χ0n) is 6.72. The third-order valence-electron chi connectivity index (χ3n) is 0.175. The maximum absolute atomic E-state index is 9.24. The first-order valence-electron chi connectivity index (χ1n) is 2.19. The summed E-state index contributed by atoms with van der Waals surface area (Å²) in [7, 11) is 4.57. The van der Waals surface area contributed by atoms with Gasteiger partial charge in [0.15, 0.2) is 0 Å². The van der Waals surface area contributed by atoms with Crippen molar-refractivity contribution in [3.63, 3.8) is 0 Å². The van der Waals surface area contributed by atoms with Gasteiger partial charge in [-0.3, -0.25) is 4.79 Å². The van der Waals surface area contributed by atoms with Gasteiger partial charge in [0.05, 0.1) is 6.54 Å². The Morgan fingerprint density at radius 3 is 1.23 bits per heavy atom. The molecule has 0 saturated carbocycles. The Labute approximate surface area is 90.2 Å². The summed E-state index contributed by atoms with van der Waals surface area (Å²) in [6, 6.07) is 0. The van der Waals surface area contributed by atoms with Gasteiger partial charge in [-0.2, -0.15) is 0 Å². The molecule has 0 amide bonds. The Bertz CT molecular complexity index is 82.6. The van der Waals surface area contributed by atoms with Gasteiger partial charge >= 0.3 is 33.0 Å². The van der Waals surface area contributed by atoms with Gasteiger partial charge in [0.25, 0.3) is 0 Å². The minimum atomic E-state index is -0.968. The Morgan fingerprint density at radius 1 is 1.15 bits per heavy atom. The maximum atomic E-state index is 9.24. The summed E-state index contributed by atoms with van der Waals surface area (Å²) in [6.45, 7) is 5.72. The molecular formula is C5H11ClNO5Ru. The van der Waals surface area contributed by atoms with E-state index in [-0.39, 0.29) is 6.54 Å². The average Bonchev–Trinajstić information content (AvgIpc) is 2.29. The second-order valence-corrected chi connectivity index (χ2v) is 0.598. The quantitative estimate of drug-likeness (QED) is 0.610. The summed E-state index contributed by atoms with van der Waals surface area (Å²) in [5, 5.41) is 7.60. The predicted octanol–water partition coefficient (Wildman–Crippen LogP) is -0.838. The van der Waals surface area contributed by atoms with E-state index >= 15 is 0 Å². The van der Waals surface area contributed by atoms with Gasteiger partial charge in [0, 0.05) is 0 Å². The van der Waals surface area contributed by atoms with Crippen LogP contribution in [0.3, 0.4) is 0 Å². The van der Waals surface area contributed by atoms with Gasteiger partial charge in [0.1, 0.15) is 20.4 Å². The first-order chi connectivity index (χ1) is 6.27. The second-order valence-electron chi connectivity index (χ2n) is 0.598. The van der Waals surface area contributed by atoms with Gasteiger partial charge in [-0.25, -0.2) is 0 Å². The van der Waals surface area contributed by atoms with E-state index in [0.29, 0.717) is 0 Å².